The van der Waals surface area contributed by atoms with Gasteiger partial charge in [-0.25, -0.2) is 0 Å². The third-order valence-corrected chi connectivity index (χ3v) is 4.44. The summed E-state index contributed by atoms with van der Waals surface area (Å²) in [4.78, 5) is 25.5. The van der Waals surface area contributed by atoms with Crippen molar-refractivity contribution >= 4 is 23.6 Å². The molecule has 1 heterocycles. The number of hydrogen-bond acceptors (Lipinski definition) is 3. The van der Waals surface area contributed by atoms with Crippen LogP contribution in [0.15, 0.2) is 77.0 Å². The quantitative estimate of drug-likeness (QED) is 0.576. The maximum atomic E-state index is 12.9. The van der Waals surface area contributed by atoms with Gasteiger partial charge in [0.05, 0.1) is 6.26 Å². The Labute approximate surface area is 170 Å². The van der Waals surface area contributed by atoms with Gasteiger partial charge in [0, 0.05) is 17.3 Å². The molecule has 0 atom stereocenters. The third kappa shape index (κ3) is 5.45. The highest BCUT2D eigenvalue weighted by Gasteiger charge is 2.16. The molecule has 0 fully saturated rings. The molecule has 3 rings (SSSR count). The first-order valence-corrected chi connectivity index (χ1v) is 9.47. The first-order valence-electron chi connectivity index (χ1n) is 9.47. The Morgan fingerprint density at radius 3 is 2.38 bits per heavy atom. The predicted octanol–water partition coefficient (Wildman–Crippen LogP) is 5.12. The number of nitrogens with one attached hydrogen (secondary N) is 2. The second kappa shape index (κ2) is 9.06. The van der Waals surface area contributed by atoms with Crippen LogP contribution in [-0.2, 0) is 4.79 Å². The molecule has 148 valence electrons. The van der Waals surface area contributed by atoms with Gasteiger partial charge in [0.15, 0.2) is 0 Å². The summed E-state index contributed by atoms with van der Waals surface area (Å²) in [6, 6.07) is 18.2. The minimum absolute atomic E-state index is 0.0967. The molecule has 0 aliphatic carbocycles. The third-order valence-electron chi connectivity index (χ3n) is 4.44. The van der Waals surface area contributed by atoms with E-state index < -0.39 is 5.91 Å². The second-order valence-electron chi connectivity index (χ2n) is 7.13. The lowest BCUT2D eigenvalue weighted by molar-refractivity contribution is -0.113. The Morgan fingerprint density at radius 2 is 1.76 bits per heavy atom. The number of rotatable bonds is 6. The lowest BCUT2D eigenvalue weighted by Crippen LogP contribution is -2.30. The number of carbonyl (C=O) groups is 2. The van der Waals surface area contributed by atoms with Crippen molar-refractivity contribution in [3.8, 4) is 0 Å². The van der Waals surface area contributed by atoms with Crippen molar-refractivity contribution in [1.29, 1.82) is 0 Å². The minimum Gasteiger partial charge on any atom is -0.465 e. The highest BCUT2D eigenvalue weighted by atomic mass is 16.3. The van der Waals surface area contributed by atoms with Gasteiger partial charge in [-0.05, 0) is 54.8 Å². The smallest absolute Gasteiger partial charge is 0.272 e. The van der Waals surface area contributed by atoms with E-state index in [4.69, 9.17) is 4.42 Å². The summed E-state index contributed by atoms with van der Waals surface area (Å²) in [6.07, 6.45) is 3.01. The van der Waals surface area contributed by atoms with Crippen molar-refractivity contribution in [2.45, 2.75) is 26.7 Å². The van der Waals surface area contributed by atoms with E-state index in [-0.39, 0.29) is 11.6 Å². The fourth-order valence-electron chi connectivity index (χ4n) is 2.80. The van der Waals surface area contributed by atoms with Crippen LogP contribution >= 0.6 is 0 Å². The van der Waals surface area contributed by atoms with E-state index in [1.165, 1.54) is 17.9 Å². The van der Waals surface area contributed by atoms with Gasteiger partial charge in [-0.3, -0.25) is 9.59 Å². The number of hydrogen-bond donors (Lipinski definition) is 2. The molecule has 2 aromatic carbocycles. The number of carbonyl (C=O) groups excluding carboxylic acids is 2. The van der Waals surface area contributed by atoms with Crippen molar-refractivity contribution in [2.24, 2.45) is 0 Å². The Hall–Kier alpha value is -3.60. The molecule has 0 spiro atoms. The van der Waals surface area contributed by atoms with E-state index in [9.17, 15) is 9.59 Å². The highest BCUT2D eigenvalue weighted by molar-refractivity contribution is 6.10. The van der Waals surface area contributed by atoms with Gasteiger partial charge < -0.3 is 15.1 Å². The fraction of sp³-hybridized carbons (Fsp3) is 0.167. The fourth-order valence-corrected chi connectivity index (χ4v) is 2.80. The Kier molecular flexibility index (Phi) is 6.29. The topological polar surface area (TPSA) is 71.3 Å². The molecule has 0 radical (unpaired) electrons. The summed E-state index contributed by atoms with van der Waals surface area (Å²) >= 11 is 0. The van der Waals surface area contributed by atoms with Crippen molar-refractivity contribution in [3.05, 3.63) is 95.1 Å². The molecule has 5 nitrogen and oxygen atoms in total. The summed E-state index contributed by atoms with van der Waals surface area (Å²) in [5, 5.41) is 5.52. The van der Waals surface area contributed by atoms with Crippen LogP contribution in [0.1, 0.15) is 47.0 Å². The van der Waals surface area contributed by atoms with Gasteiger partial charge in [0.1, 0.15) is 11.5 Å². The zero-order valence-electron chi connectivity index (χ0n) is 16.7. The largest absolute Gasteiger partial charge is 0.465 e. The first-order chi connectivity index (χ1) is 13.9. The molecule has 0 aliphatic rings. The number of benzene rings is 2. The molecule has 0 saturated carbocycles. The van der Waals surface area contributed by atoms with Gasteiger partial charge in [-0.15, -0.1) is 0 Å². The van der Waals surface area contributed by atoms with Crippen LogP contribution in [-0.4, -0.2) is 11.8 Å². The van der Waals surface area contributed by atoms with E-state index in [0.29, 0.717) is 22.9 Å². The van der Waals surface area contributed by atoms with Crippen molar-refractivity contribution in [2.75, 3.05) is 5.32 Å². The van der Waals surface area contributed by atoms with Crippen LogP contribution in [0.5, 0.6) is 0 Å². The van der Waals surface area contributed by atoms with Gasteiger partial charge in [-0.1, -0.05) is 43.7 Å². The standard InChI is InChI=1S/C24H24N2O3/c1-16(2)18-9-11-20(12-10-18)25-24(28)22(15-21-8-5-13-29-21)26-23(27)19-7-4-6-17(3)14-19/h4-16H,1-3H3,(H,25,28)(H,26,27)/b22-15-. The predicted molar refractivity (Wildman–Crippen MR) is 114 cm³/mol. The second-order valence-corrected chi connectivity index (χ2v) is 7.13. The summed E-state index contributed by atoms with van der Waals surface area (Å²) in [7, 11) is 0. The van der Waals surface area contributed by atoms with Gasteiger partial charge >= 0.3 is 0 Å². The van der Waals surface area contributed by atoms with Crippen LogP contribution < -0.4 is 10.6 Å². The summed E-state index contributed by atoms with van der Waals surface area (Å²) in [5.74, 6) is 0.0779. The summed E-state index contributed by atoms with van der Waals surface area (Å²) in [5.41, 5.74) is 3.37. The maximum absolute atomic E-state index is 12.9. The Morgan fingerprint density at radius 1 is 1.00 bits per heavy atom. The zero-order valence-corrected chi connectivity index (χ0v) is 16.7. The minimum atomic E-state index is -0.431. The van der Waals surface area contributed by atoms with Gasteiger partial charge in [0.2, 0.25) is 0 Å². The first kappa shape index (κ1) is 20.1. The number of amides is 2. The molecule has 29 heavy (non-hydrogen) atoms. The Bertz CT molecular complexity index is 1020. The molecular formula is C24H24N2O3. The number of furan rings is 1. The van der Waals surface area contributed by atoms with Crippen LogP contribution in [0.4, 0.5) is 5.69 Å². The maximum Gasteiger partial charge on any atom is 0.272 e. The molecule has 5 heteroatoms. The van der Waals surface area contributed by atoms with Crippen molar-refractivity contribution in [1.82, 2.24) is 5.32 Å². The number of aryl methyl sites for hydroxylation is 1. The molecule has 0 unspecified atom stereocenters. The lowest BCUT2D eigenvalue weighted by Gasteiger charge is -2.12. The van der Waals surface area contributed by atoms with E-state index in [2.05, 4.69) is 24.5 Å². The van der Waals surface area contributed by atoms with E-state index in [1.54, 1.807) is 30.3 Å². The average molecular weight is 388 g/mol. The molecule has 0 bridgehead atoms. The van der Waals surface area contributed by atoms with Crippen LogP contribution in [0.2, 0.25) is 0 Å². The van der Waals surface area contributed by atoms with Gasteiger partial charge in [0.25, 0.3) is 11.8 Å². The van der Waals surface area contributed by atoms with Crippen LogP contribution in [0.3, 0.4) is 0 Å². The number of anilines is 1. The molecule has 0 aliphatic heterocycles. The molecule has 2 amide bonds. The summed E-state index contributed by atoms with van der Waals surface area (Å²) in [6.45, 7) is 6.13. The molecule has 2 N–H and O–H groups in total. The van der Waals surface area contributed by atoms with Crippen LogP contribution in [0, 0.1) is 6.92 Å². The monoisotopic (exact) mass is 388 g/mol. The van der Waals surface area contributed by atoms with Gasteiger partial charge in [-0.2, -0.15) is 0 Å². The van der Waals surface area contributed by atoms with E-state index >= 15 is 0 Å². The SMILES string of the molecule is Cc1cccc(C(=O)N/C(=C\c2ccco2)C(=O)Nc2ccc(C(C)C)cc2)c1. The lowest BCUT2D eigenvalue weighted by atomic mass is 10.0. The molecule has 1 aromatic heterocycles. The zero-order chi connectivity index (χ0) is 20.8. The normalized spacial score (nSPS) is 11.4. The molecule has 0 saturated heterocycles. The molecular weight excluding hydrogens is 364 g/mol. The summed E-state index contributed by atoms with van der Waals surface area (Å²) < 4.78 is 5.31. The Balaban J connectivity index is 1.81. The van der Waals surface area contributed by atoms with E-state index in [0.717, 1.165) is 5.56 Å². The van der Waals surface area contributed by atoms with E-state index in [1.807, 2.05) is 37.3 Å². The highest BCUT2D eigenvalue weighted by Crippen LogP contribution is 2.18. The van der Waals surface area contributed by atoms with Crippen molar-refractivity contribution < 1.29 is 14.0 Å². The molecule has 3 aromatic rings. The van der Waals surface area contributed by atoms with Crippen molar-refractivity contribution in [3.63, 3.8) is 0 Å². The van der Waals surface area contributed by atoms with Crippen LogP contribution in [0.25, 0.3) is 6.08 Å². The average Bonchev–Trinajstić information content (AvgIpc) is 3.21.